The van der Waals surface area contributed by atoms with Crippen LogP contribution >= 0.6 is 11.6 Å². The molecule has 128 valence electrons. The Labute approximate surface area is 142 Å². The topological polar surface area (TPSA) is 56.1 Å². The Morgan fingerprint density at radius 3 is 3.08 bits per heavy atom. The zero-order chi connectivity index (χ0) is 17.1. The van der Waals surface area contributed by atoms with Crippen molar-refractivity contribution in [2.45, 2.75) is 31.9 Å². The van der Waals surface area contributed by atoms with Gasteiger partial charge in [-0.05, 0) is 31.0 Å². The summed E-state index contributed by atoms with van der Waals surface area (Å²) in [6.45, 7) is 0.00854. The summed E-state index contributed by atoms with van der Waals surface area (Å²) in [7, 11) is 0. The summed E-state index contributed by atoms with van der Waals surface area (Å²) >= 11 is 5.98. The van der Waals surface area contributed by atoms with Crippen molar-refractivity contribution in [3.63, 3.8) is 0 Å². The van der Waals surface area contributed by atoms with Gasteiger partial charge in [-0.3, -0.25) is 9.48 Å². The lowest BCUT2D eigenvalue weighted by atomic mass is 10.0. The molecule has 0 unspecified atom stereocenters. The van der Waals surface area contributed by atoms with E-state index >= 15 is 0 Å². The molecular weight excluding hydrogens is 340 g/mol. The van der Waals surface area contributed by atoms with E-state index in [1.165, 1.54) is 12.3 Å². The largest absolute Gasteiger partial charge is 0.493 e. The maximum atomic E-state index is 12.4. The molecule has 0 saturated heterocycles. The highest BCUT2D eigenvalue weighted by Crippen LogP contribution is 2.33. The van der Waals surface area contributed by atoms with Gasteiger partial charge in [-0.25, -0.2) is 8.78 Å². The molecule has 2 heterocycles. The lowest BCUT2D eigenvalue weighted by Crippen LogP contribution is -2.29. The van der Waals surface area contributed by atoms with Crippen LogP contribution in [0.25, 0.3) is 0 Å². The first-order valence-corrected chi connectivity index (χ1v) is 7.95. The third-order valence-corrected chi connectivity index (χ3v) is 3.98. The van der Waals surface area contributed by atoms with E-state index in [1.807, 2.05) is 6.07 Å². The van der Waals surface area contributed by atoms with Crippen molar-refractivity contribution in [1.82, 2.24) is 15.1 Å². The molecular formula is C16H16ClF2N3O2. The smallest absolute Gasteiger partial charge is 0.272 e. The predicted molar refractivity (Wildman–Crippen MR) is 84.6 cm³/mol. The second-order valence-corrected chi connectivity index (χ2v) is 5.95. The average Bonchev–Trinajstić information content (AvgIpc) is 2.89. The van der Waals surface area contributed by atoms with Crippen molar-refractivity contribution in [3.05, 3.63) is 46.7 Å². The highest BCUT2D eigenvalue weighted by molar-refractivity contribution is 6.30. The van der Waals surface area contributed by atoms with Crippen molar-refractivity contribution in [1.29, 1.82) is 0 Å². The van der Waals surface area contributed by atoms with Gasteiger partial charge in [0, 0.05) is 16.8 Å². The number of aromatic nitrogens is 2. The quantitative estimate of drug-likeness (QED) is 0.914. The van der Waals surface area contributed by atoms with E-state index < -0.39 is 18.9 Å². The van der Waals surface area contributed by atoms with Gasteiger partial charge in [0.2, 0.25) is 0 Å². The van der Waals surface area contributed by atoms with Crippen molar-refractivity contribution in [3.8, 4) is 5.75 Å². The van der Waals surface area contributed by atoms with E-state index in [2.05, 4.69) is 10.4 Å². The summed E-state index contributed by atoms with van der Waals surface area (Å²) in [5.74, 6) is 0.240. The number of hydrogen-bond acceptors (Lipinski definition) is 3. The number of halogens is 3. The van der Waals surface area contributed by atoms with Crippen molar-refractivity contribution in [2.24, 2.45) is 0 Å². The number of hydrogen-bond donors (Lipinski definition) is 1. The van der Waals surface area contributed by atoms with E-state index in [0.717, 1.165) is 16.7 Å². The molecule has 5 nitrogen and oxygen atoms in total. The molecule has 1 N–H and O–H groups in total. The summed E-state index contributed by atoms with van der Waals surface area (Å²) in [5, 5.41) is 7.34. The maximum Gasteiger partial charge on any atom is 0.272 e. The Kier molecular flexibility index (Phi) is 4.99. The molecule has 3 rings (SSSR count). The van der Waals surface area contributed by atoms with Crippen LogP contribution in [0.4, 0.5) is 8.78 Å². The normalized spacial score (nSPS) is 17.1. The number of nitrogens with zero attached hydrogens (tertiary/aromatic N) is 2. The number of alkyl halides is 2. The Morgan fingerprint density at radius 1 is 1.46 bits per heavy atom. The number of carbonyl (C=O) groups excluding carboxylic acids is 1. The summed E-state index contributed by atoms with van der Waals surface area (Å²) in [6, 6.07) is 6.47. The third kappa shape index (κ3) is 3.84. The van der Waals surface area contributed by atoms with Gasteiger partial charge in [0.25, 0.3) is 12.3 Å². The summed E-state index contributed by atoms with van der Waals surface area (Å²) < 4.78 is 31.4. The molecule has 0 radical (unpaired) electrons. The molecule has 1 amide bonds. The predicted octanol–water partition coefficient (Wildman–Crippen LogP) is 3.45. The van der Waals surface area contributed by atoms with Crippen LogP contribution in [0, 0.1) is 0 Å². The standard InChI is InChI=1S/C16H16ClF2N3O2/c17-10-3-4-11-12(2-1-7-24-14(11)8-10)20-16(23)13-5-6-22(21-13)9-15(18)19/h3-6,8,12,15H,1-2,7,9H2,(H,20,23)/t12-/m0/s1. The monoisotopic (exact) mass is 355 g/mol. The molecule has 24 heavy (non-hydrogen) atoms. The summed E-state index contributed by atoms with van der Waals surface area (Å²) in [5.41, 5.74) is 0.952. The SMILES string of the molecule is O=C(N[C@H]1CCCOc2cc(Cl)ccc21)c1ccn(CC(F)F)n1. The minimum Gasteiger partial charge on any atom is -0.493 e. The Bertz CT molecular complexity index is 736. The second-order valence-electron chi connectivity index (χ2n) is 5.51. The third-order valence-electron chi connectivity index (χ3n) is 3.75. The maximum absolute atomic E-state index is 12.4. The van der Waals surface area contributed by atoms with Gasteiger partial charge >= 0.3 is 0 Å². The van der Waals surface area contributed by atoms with Gasteiger partial charge in [-0.2, -0.15) is 5.10 Å². The number of nitrogens with one attached hydrogen (secondary N) is 1. The Hall–Kier alpha value is -2.15. The van der Waals surface area contributed by atoms with Gasteiger partial charge in [-0.15, -0.1) is 0 Å². The van der Waals surface area contributed by atoms with E-state index in [0.29, 0.717) is 23.8 Å². The van der Waals surface area contributed by atoms with E-state index in [4.69, 9.17) is 16.3 Å². The summed E-state index contributed by atoms with van der Waals surface area (Å²) in [4.78, 5) is 12.4. The number of ether oxygens (including phenoxy) is 1. The first kappa shape index (κ1) is 16.7. The zero-order valence-corrected chi connectivity index (χ0v) is 13.5. The fourth-order valence-electron chi connectivity index (χ4n) is 2.65. The van der Waals surface area contributed by atoms with Crippen LogP contribution in [-0.4, -0.2) is 28.7 Å². The van der Waals surface area contributed by atoms with Crippen LogP contribution in [0.5, 0.6) is 5.75 Å². The first-order valence-electron chi connectivity index (χ1n) is 7.57. The number of carbonyl (C=O) groups is 1. The van der Waals surface area contributed by atoms with Crippen LogP contribution in [0.15, 0.2) is 30.5 Å². The van der Waals surface area contributed by atoms with E-state index in [-0.39, 0.29) is 11.7 Å². The molecule has 0 bridgehead atoms. The highest BCUT2D eigenvalue weighted by Gasteiger charge is 2.23. The fraction of sp³-hybridized carbons (Fsp3) is 0.375. The van der Waals surface area contributed by atoms with Crippen molar-refractivity contribution < 1.29 is 18.3 Å². The van der Waals surface area contributed by atoms with Crippen molar-refractivity contribution in [2.75, 3.05) is 6.61 Å². The van der Waals surface area contributed by atoms with Gasteiger partial charge < -0.3 is 10.1 Å². The molecule has 2 aromatic rings. The molecule has 1 aromatic carbocycles. The molecule has 0 spiro atoms. The molecule has 0 fully saturated rings. The Morgan fingerprint density at radius 2 is 2.29 bits per heavy atom. The molecule has 0 saturated carbocycles. The first-order chi connectivity index (χ1) is 11.5. The van der Waals surface area contributed by atoms with Gasteiger partial charge in [0.1, 0.15) is 18.0 Å². The Balaban J connectivity index is 1.75. The summed E-state index contributed by atoms with van der Waals surface area (Å²) in [6.07, 6.45) is 0.330. The van der Waals surface area contributed by atoms with Crippen LogP contribution < -0.4 is 10.1 Å². The zero-order valence-electron chi connectivity index (χ0n) is 12.7. The second kappa shape index (κ2) is 7.17. The van der Waals surface area contributed by atoms with Crippen LogP contribution in [0.1, 0.15) is 34.9 Å². The van der Waals surface area contributed by atoms with Gasteiger partial charge in [0.15, 0.2) is 0 Å². The average molecular weight is 356 g/mol. The van der Waals surface area contributed by atoms with Crippen LogP contribution in [0.3, 0.4) is 0 Å². The van der Waals surface area contributed by atoms with Crippen LogP contribution in [0.2, 0.25) is 5.02 Å². The lowest BCUT2D eigenvalue weighted by molar-refractivity contribution is 0.0924. The lowest BCUT2D eigenvalue weighted by Gasteiger charge is -2.18. The highest BCUT2D eigenvalue weighted by atomic mass is 35.5. The van der Waals surface area contributed by atoms with Gasteiger partial charge in [0.05, 0.1) is 12.6 Å². The molecule has 1 aromatic heterocycles. The fourth-order valence-corrected chi connectivity index (χ4v) is 2.82. The molecule has 1 atom stereocenters. The minimum atomic E-state index is -2.52. The molecule has 1 aliphatic rings. The number of rotatable bonds is 4. The van der Waals surface area contributed by atoms with Gasteiger partial charge in [-0.1, -0.05) is 17.7 Å². The molecule has 0 aliphatic carbocycles. The number of fused-ring (bicyclic) bond motifs is 1. The van der Waals surface area contributed by atoms with E-state index in [9.17, 15) is 13.6 Å². The number of amides is 1. The van der Waals surface area contributed by atoms with E-state index in [1.54, 1.807) is 12.1 Å². The minimum absolute atomic E-state index is 0.108. The van der Waals surface area contributed by atoms with Crippen LogP contribution in [-0.2, 0) is 6.54 Å². The molecule has 1 aliphatic heterocycles. The number of benzene rings is 1. The van der Waals surface area contributed by atoms with Crippen molar-refractivity contribution >= 4 is 17.5 Å². The molecule has 8 heteroatoms.